The third kappa shape index (κ3) is 3.70. The first-order chi connectivity index (χ1) is 9.97. The van der Waals surface area contributed by atoms with Crippen molar-refractivity contribution in [1.82, 2.24) is 4.98 Å². The molecule has 108 valence electrons. The Morgan fingerprint density at radius 1 is 1.24 bits per heavy atom. The van der Waals surface area contributed by atoms with Gasteiger partial charge in [-0.25, -0.2) is 9.59 Å². The first-order valence-corrected chi connectivity index (χ1v) is 6.36. The van der Waals surface area contributed by atoms with Crippen molar-refractivity contribution in [1.29, 1.82) is 0 Å². The molecule has 21 heavy (non-hydrogen) atoms. The number of carbonyl (C=O) groups excluding carboxylic acids is 1. The Hall–Kier alpha value is -2.60. The normalized spacial score (nSPS) is 10.0. The quantitative estimate of drug-likeness (QED) is 0.810. The van der Waals surface area contributed by atoms with Crippen LogP contribution in [-0.4, -0.2) is 22.1 Å². The van der Waals surface area contributed by atoms with Gasteiger partial charge in [-0.2, -0.15) is 0 Å². The zero-order valence-electron chi connectivity index (χ0n) is 11.1. The number of carbonyl (C=O) groups is 2. The highest BCUT2D eigenvalue weighted by Gasteiger charge is 2.10. The number of hydrogen-bond acceptors (Lipinski definition) is 3. The maximum Gasteiger partial charge on any atom is 0.337 e. The molecule has 0 aliphatic rings. The fraction of sp³-hybridized carbons (Fsp3) is 0.0714. The van der Waals surface area contributed by atoms with Gasteiger partial charge in [-0.15, -0.1) is 0 Å². The second kappa shape index (κ2) is 6.23. The maximum absolute atomic E-state index is 11.9. The Balaban J connectivity index is 2.08. The average molecular weight is 306 g/mol. The van der Waals surface area contributed by atoms with Gasteiger partial charge in [0.2, 0.25) is 0 Å². The fourth-order valence-corrected chi connectivity index (χ4v) is 1.91. The zero-order chi connectivity index (χ0) is 15.4. The van der Waals surface area contributed by atoms with Crippen molar-refractivity contribution in [3.05, 3.63) is 52.8 Å². The molecule has 0 radical (unpaired) electrons. The highest BCUT2D eigenvalue weighted by Crippen LogP contribution is 2.21. The molecular formula is C14H12ClN3O3. The van der Waals surface area contributed by atoms with E-state index >= 15 is 0 Å². The molecule has 1 aromatic carbocycles. The molecule has 0 atom stereocenters. The number of urea groups is 1. The number of aromatic carboxylic acids is 1. The maximum atomic E-state index is 11.9. The van der Waals surface area contributed by atoms with Gasteiger partial charge in [0, 0.05) is 11.9 Å². The summed E-state index contributed by atoms with van der Waals surface area (Å²) in [5.41, 5.74) is 1.83. The summed E-state index contributed by atoms with van der Waals surface area (Å²) in [5.74, 6) is -1.12. The average Bonchev–Trinajstić information content (AvgIpc) is 2.41. The van der Waals surface area contributed by atoms with Gasteiger partial charge >= 0.3 is 12.0 Å². The van der Waals surface area contributed by atoms with Gasteiger partial charge in [-0.3, -0.25) is 4.98 Å². The molecule has 1 heterocycles. The van der Waals surface area contributed by atoms with Crippen LogP contribution >= 0.6 is 11.6 Å². The van der Waals surface area contributed by atoms with Gasteiger partial charge in [0.05, 0.1) is 22.5 Å². The molecule has 6 nitrogen and oxygen atoms in total. The van der Waals surface area contributed by atoms with E-state index in [0.29, 0.717) is 11.4 Å². The molecular weight excluding hydrogens is 294 g/mol. The van der Waals surface area contributed by atoms with Crippen LogP contribution in [0.2, 0.25) is 5.02 Å². The van der Waals surface area contributed by atoms with Crippen molar-refractivity contribution < 1.29 is 14.7 Å². The molecule has 2 aromatic rings. The number of halogens is 1. The minimum atomic E-state index is -1.12. The molecule has 2 rings (SSSR count). The SMILES string of the molecule is Cc1ccncc1NC(=O)Nc1ccc(C(=O)O)c(Cl)c1. The summed E-state index contributed by atoms with van der Waals surface area (Å²) in [6.45, 7) is 1.84. The molecule has 0 aliphatic heterocycles. The van der Waals surface area contributed by atoms with Crippen LogP contribution in [0.15, 0.2) is 36.7 Å². The van der Waals surface area contributed by atoms with Crippen molar-refractivity contribution in [2.75, 3.05) is 10.6 Å². The summed E-state index contributed by atoms with van der Waals surface area (Å²) in [6.07, 6.45) is 3.16. The number of carboxylic acids is 1. The van der Waals surface area contributed by atoms with E-state index in [4.69, 9.17) is 16.7 Å². The Kier molecular flexibility index (Phi) is 4.39. The number of hydrogen-bond donors (Lipinski definition) is 3. The largest absolute Gasteiger partial charge is 0.478 e. The van der Waals surface area contributed by atoms with Crippen LogP contribution in [0.1, 0.15) is 15.9 Å². The van der Waals surface area contributed by atoms with E-state index in [1.807, 2.05) is 6.92 Å². The first-order valence-electron chi connectivity index (χ1n) is 5.99. The van der Waals surface area contributed by atoms with E-state index in [1.54, 1.807) is 12.3 Å². The van der Waals surface area contributed by atoms with Gasteiger partial charge in [-0.05, 0) is 36.8 Å². The van der Waals surface area contributed by atoms with Crippen molar-refractivity contribution in [3.63, 3.8) is 0 Å². The van der Waals surface area contributed by atoms with Crippen LogP contribution in [0.4, 0.5) is 16.2 Å². The topological polar surface area (TPSA) is 91.3 Å². The molecule has 0 bridgehead atoms. The van der Waals surface area contributed by atoms with Gasteiger partial charge in [0.1, 0.15) is 0 Å². The number of amides is 2. The molecule has 2 amide bonds. The highest BCUT2D eigenvalue weighted by atomic mass is 35.5. The second-order valence-corrected chi connectivity index (χ2v) is 4.68. The predicted octanol–water partition coefficient (Wildman–Crippen LogP) is 3.39. The summed E-state index contributed by atoms with van der Waals surface area (Å²) < 4.78 is 0. The Morgan fingerprint density at radius 2 is 2.00 bits per heavy atom. The Bertz CT molecular complexity index is 704. The molecule has 0 saturated heterocycles. The lowest BCUT2D eigenvalue weighted by Gasteiger charge is -2.10. The Morgan fingerprint density at radius 3 is 2.62 bits per heavy atom. The molecule has 0 saturated carbocycles. The van der Waals surface area contributed by atoms with E-state index < -0.39 is 12.0 Å². The molecule has 0 spiro atoms. The van der Waals surface area contributed by atoms with Crippen LogP contribution in [0.25, 0.3) is 0 Å². The van der Waals surface area contributed by atoms with Crippen molar-refractivity contribution in [2.24, 2.45) is 0 Å². The summed E-state index contributed by atoms with van der Waals surface area (Å²) in [5, 5.41) is 14.1. The van der Waals surface area contributed by atoms with Crippen LogP contribution in [-0.2, 0) is 0 Å². The van der Waals surface area contributed by atoms with E-state index in [-0.39, 0.29) is 10.6 Å². The number of aromatic nitrogens is 1. The number of rotatable bonds is 3. The van der Waals surface area contributed by atoms with Crippen LogP contribution < -0.4 is 10.6 Å². The molecule has 1 aromatic heterocycles. The standard InChI is InChI=1S/C14H12ClN3O3/c1-8-4-5-16-7-12(8)18-14(21)17-9-2-3-10(13(19)20)11(15)6-9/h2-7H,1H3,(H,19,20)(H2,17,18,21). The number of nitrogens with zero attached hydrogens (tertiary/aromatic N) is 1. The first kappa shape index (κ1) is 14.8. The fourth-order valence-electron chi connectivity index (χ4n) is 1.65. The Labute approximate surface area is 125 Å². The van der Waals surface area contributed by atoms with Crippen LogP contribution in [0.3, 0.4) is 0 Å². The van der Waals surface area contributed by atoms with Gasteiger partial charge in [0.25, 0.3) is 0 Å². The zero-order valence-corrected chi connectivity index (χ0v) is 11.8. The lowest BCUT2D eigenvalue weighted by atomic mass is 10.2. The number of benzene rings is 1. The smallest absolute Gasteiger partial charge is 0.337 e. The molecule has 0 unspecified atom stereocenters. The van der Waals surface area contributed by atoms with Crippen molar-refractivity contribution in [3.8, 4) is 0 Å². The summed E-state index contributed by atoms with van der Waals surface area (Å²) in [4.78, 5) is 26.6. The van der Waals surface area contributed by atoms with E-state index in [9.17, 15) is 9.59 Å². The van der Waals surface area contributed by atoms with E-state index in [2.05, 4.69) is 15.6 Å². The predicted molar refractivity (Wildman–Crippen MR) is 80.0 cm³/mol. The van der Waals surface area contributed by atoms with E-state index in [1.165, 1.54) is 24.4 Å². The minimum Gasteiger partial charge on any atom is -0.478 e. The van der Waals surface area contributed by atoms with Crippen molar-refractivity contribution >= 4 is 35.0 Å². The van der Waals surface area contributed by atoms with E-state index in [0.717, 1.165) is 5.56 Å². The highest BCUT2D eigenvalue weighted by molar-refractivity contribution is 6.33. The van der Waals surface area contributed by atoms with Crippen LogP contribution in [0, 0.1) is 6.92 Å². The number of aryl methyl sites for hydroxylation is 1. The third-order valence-corrected chi connectivity index (χ3v) is 3.06. The number of carboxylic acid groups (broad SMARTS) is 1. The monoisotopic (exact) mass is 305 g/mol. The van der Waals surface area contributed by atoms with Gasteiger partial charge in [0.15, 0.2) is 0 Å². The molecule has 7 heteroatoms. The number of pyridine rings is 1. The summed E-state index contributed by atoms with van der Waals surface area (Å²) >= 11 is 5.83. The van der Waals surface area contributed by atoms with Crippen LogP contribution in [0.5, 0.6) is 0 Å². The minimum absolute atomic E-state index is 0.0225. The molecule has 3 N–H and O–H groups in total. The van der Waals surface area contributed by atoms with Gasteiger partial charge < -0.3 is 15.7 Å². The third-order valence-electron chi connectivity index (χ3n) is 2.74. The molecule has 0 aliphatic carbocycles. The van der Waals surface area contributed by atoms with Gasteiger partial charge in [-0.1, -0.05) is 11.6 Å². The van der Waals surface area contributed by atoms with Crippen molar-refractivity contribution in [2.45, 2.75) is 6.92 Å². The lowest BCUT2D eigenvalue weighted by molar-refractivity contribution is 0.0697. The second-order valence-electron chi connectivity index (χ2n) is 4.27. The lowest BCUT2D eigenvalue weighted by Crippen LogP contribution is -2.20. The molecule has 0 fully saturated rings. The number of anilines is 2. The summed E-state index contributed by atoms with van der Waals surface area (Å²) in [6, 6.07) is 5.47. The number of nitrogens with one attached hydrogen (secondary N) is 2. The summed E-state index contributed by atoms with van der Waals surface area (Å²) in [7, 11) is 0.